The van der Waals surface area contributed by atoms with Crippen LogP contribution in [-0.2, 0) is 14.8 Å². The molecular formula is C13H19N3O3S. The molecule has 110 valence electrons. The summed E-state index contributed by atoms with van der Waals surface area (Å²) in [6, 6.07) is 4.81. The average Bonchev–Trinajstić information content (AvgIpc) is 2.37. The first kappa shape index (κ1) is 14.8. The molecule has 20 heavy (non-hydrogen) atoms. The number of hydrogen-bond donors (Lipinski definition) is 1. The molecule has 6 nitrogen and oxygen atoms in total. The number of carbonyl (C=O) groups is 1. The van der Waals surface area contributed by atoms with Gasteiger partial charge in [-0.15, -0.1) is 0 Å². The second-order valence-corrected chi connectivity index (χ2v) is 6.93. The lowest BCUT2D eigenvalue weighted by molar-refractivity contribution is -0.129. The quantitative estimate of drug-likeness (QED) is 0.802. The molecule has 0 saturated carbocycles. The summed E-state index contributed by atoms with van der Waals surface area (Å²) in [6.07, 6.45) is 0. The molecule has 1 amide bonds. The number of hydrogen-bond acceptors (Lipinski definition) is 4. The number of carbonyl (C=O) groups excluding carboxylic acids is 1. The predicted octanol–water partition coefficient (Wildman–Crippen LogP) is 0.430. The lowest BCUT2D eigenvalue weighted by Crippen LogP contribution is -2.49. The van der Waals surface area contributed by atoms with Crippen molar-refractivity contribution in [1.82, 2.24) is 9.21 Å². The molecule has 1 aromatic carbocycles. The highest BCUT2D eigenvalue weighted by Crippen LogP contribution is 2.21. The van der Waals surface area contributed by atoms with Gasteiger partial charge < -0.3 is 10.6 Å². The van der Waals surface area contributed by atoms with Crippen molar-refractivity contribution in [1.29, 1.82) is 0 Å². The number of anilines is 1. The monoisotopic (exact) mass is 297 g/mol. The Morgan fingerprint density at radius 3 is 2.25 bits per heavy atom. The summed E-state index contributed by atoms with van der Waals surface area (Å²) >= 11 is 0. The number of benzene rings is 1. The summed E-state index contributed by atoms with van der Waals surface area (Å²) in [5, 5.41) is 0. The Bertz CT molecular complexity index is 599. The van der Waals surface area contributed by atoms with Crippen molar-refractivity contribution in [3.63, 3.8) is 0 Å². The third kappa shape index (κ3) is 2.94. The Morgan fingerprint density at radius 2 is 1.75 bits per heavy atom. The Labute approximate surface area is 119 Å². The fourth-order valence-electron chi connectivity index (χ4n) is 2.32. The van der Waals surface area contributed by atoms with E-state index in [0.29, 0.717) is 31.9 Å². The van der Waals surface area contributed by atoms with Gasteiger partial charge in [-0.3, -0.25) is 4.79 Å². The normalized spacial score (nSPS) is 17.2. The maximum atomic E-state index is 12.5. The van der Waals surface area contributed by atoms with Crippen molar-refractivity contribution < 1.29 is 13.2 Å². The molecule has 0 atom stereocenters. The van der Waals surface area contributed by atoms with Crippen LogP contribution in [0.2, 0.25) is 0 Å². The maximum absolute atomic E-state index is 12.5. The van der Waals surface area contributed by atoms with Gasteiger partial charge in [0, 0.05) is 38.8 Å². The van der Waals surface area contributed by atoms with E-state index in [4.69, 9.17) is 5.73 Å². The summed E-state index contributed by atoms with van der Waals surface area (Å²) in [5.41, 5.74) is 6.96. The van der Waals surface area contributed by atoms with Crippen LogP contribution in [0.4, 0.5) is 5.69 Å². The van der Waals surface area contributed by atoms with Crippen molar-refractivity contribution in [2.45, 2.75) is 18.7 Å². The molecule has 1 aliphatic heterocycles. The highest BCUT2D eigenvalue weighted by Gasteiger charge is 2.29. The molecule has 1 saturated heterocycles. The molecule has 0 aromatic heterocycles. The van der Waals surface area contributed by atoms with Gasteiger partial charge in [0.05, 0.1) is 4.90 Å². The zero-order valence-corrected chi connectivity index (χ0v) is 12.5. The van der Waals surface area contributed by atoms with Crippen LogP contribution in [0.25, 0.3) is 0 Å². The first-order valence-corrected chi connectivity index (χ1v) is 7.87. The third-order valence-electron chi connectivity index (χ3n) is 3.39. The van der Waals surface area contributed by atoms with Gasteiger partial charge in [0.2, 0.25) is 15.9 Å². The number of nitrogens with two attached hydrogens (primary N) is 1. The molecule has 7 heteroatoms. The van der Waals surface area contributed by atoms with E-state index in [-0.39, 0.29) is 10.8 Å². The first-order chi connectivity index (χ1) is 9.30. The van der Waals surface area contributed by atoms with Crippen LogP contribution in [0.3, 0.4) is 0 Å². The Kier molecular flexibility index (Phi) is 4.01. The third-order valence-corrected chi connectivity index (χ3v) is 5.27. The van der Waals surface area contributed by atoms with Crippen LogP contribution >= 0.6 is 0 Å². The molecule has 0 unspecified atom stereocenters. The Morgan fingerprint density at radius 1 is 1.15 bits per heavy atom. The summed E-state index contributed by atoms with van der Waals surface area (Å²) in [6.45, 7) is 4.78. The highest BCUT2D eigenvalue weighted by atomic mass is 32.2. The van der Waals surface area contributed by atoms with E-state index in [0.717, 1.165) is 5.56 Å². The fraction of sp³-hybridized carbons (Fsp3) is 0.462. The second-order valence-electron chi connectivity index (χ2n) is 4.99. The number of nitrogens with zero attached hydrogens (tertiary/aromatic N) is 2. The van der Waals surface area contributed by atoms with Gasteiger partial charge in [-0.25, -0.2) is 8.42 Å². The molecule has 0 spiro atoms. The molecule has 0 radical (unpaired) electrons. The molecule has 2 N–H and O–H groups in total. The highest BCUT2D eigenvalue weighted by molar-refractivity contribution is 7.89. The van der Waals surface area contributed by atoms with E-state index in [9.17, 15) is 13.2 Å². The molecule has 2 rings (SSSR count). The van der Waals surface area contributed by atoms with E-state index in [1.54, 1.807) is 17.0 Å². The van der Waals surface area contributed by atoms with Gasteiger partial charge >= 0.3 is 0 Å². The minimum atomic E-state index is -3.54. The second kappa shape index (κ2) is 5.41. The Hall–Kier alpha value is -1.60. The lowest BCUT2D eigenvalue weighted by Gasteiger charge is -2.33. The van der Waals surface area contributed by atoms with E-state index >= 15 is 0 Å². The number of piperazine rings is 1. The van der Waals surface area contributed by atoms with E-state index < -0.39 is 10.0 Å². The van der Waals surface area contributed by atoms with Gasteiger partial charge in [0.25, 0.3) is 0 Å². The molecule has 1 fully saturated rings. The smallest absolute Gasteiger partial charge is 0.243 e. The van der Waals surface area contributed by atoms with Crippen molar-refractivity contribution >= 4 is 21.6 Å². The van der Waals surface area contributed by atoms with Gasteiger partial charge in [-0.1, -0.05) is 0 Å². The van der Waals surface area contributed by atoms with Crippen LogP contribution < -0.4 is 5.73 Å². The van der Waals surface area contributed by atoms with Crippen molar-refractivity contribution in [3.8, 4) is 0 Å². The van der Waals surface area contributed by atoms with Crippen LogP contribution in [0.5, 0.6) is 0 Å². The molecule has 1 heterocycles. The number of aryl methyl sites for hydroxylation is 1. The first-order valence-electron chi connectivity index (χ1n) is 6.43. The molecule has 1 aliphatic rings. The summed E-state index contributed by atoms with van der Waals surface area (Å²) in [5.74, 6) is -0.0261. The molecule has 1 aromatic rings. The van der Waals surface area contributed by atoms with Crippen molar-refractivity contribution in [3.05, 3.63) is 23.8 Å². The van der Waals surface area contributed by atoms with Crippen molar-refractivity contribution in [2.75, 3.05) is 31.9 Å². The number of sulfonamides is 1. The minimum Gasteiger partial charge on any atom is -0.399 e. The van der Waals surface area contributed by atoms with Crippen LogP contribution in [0.15, 0.2) is 23.1 Å². The minimum absolute atomic E-state index is 0.0261. The number of nitrogen functional groups attached to an aromatic ring is 1. The van der Waals surface area contributed by atoms with Gasteiger partial charge in [-0.2, -0.15) is 4.31 Å². The van der Waals surface area contributed by atoms with Crippen LogP contribution in [0, 0.1) is 6.92 Å². The average molecular weight is 297 g/mol. The van der Waals surface area contributed by atoms with Crippen molar-refractivity contribution in [2.24, 2.45) is 0 Å². The largest absolute Gasteiger partial charge is 0.399 e. The Balaban J connectivity index is 2.21. The van der Waals surface area contributed by atoms with Gasteiger partial charge in [-0.05, 0) is 30.7 Å². The van der Waals surface area contributed by atoms with Crippen LogP contribution in [0.1, 0.15) is 12.5 Å². The summed E-state index contributed by atoms with van der Waals surface area (Å²) in [7, 11) is -3.54. The standard InChI is InChI=1S/C13H19N3O3S/c1-10-7-12(14)9-13(8-10)20(18,19)16-5-3-15(4-6-16)11(2)17/h7-9H,3-6,14H2,1-2H3. The molecule has 0 aliphatic carbocycles. The number of rotatable bonds is 2. The summed E-state index contributed by atoms with van der Waals surface area (Å²) in [4.78, 5) is 13.1. The van der Waals surface area contributed by atoms with E-state index in [1.807, 2.05) is 6.92 Å². The molecular weight excluding hydrogens is 278 g/mol. The van der Waals surface area contributed by atoms with Gasteiger partial charge in [0.1, 0.15) is 0 Å². The fourth-order valence-corrected chi connectivity index (χ4v) is 3.88. The number of amides is 1. The van der Waals surface area contributed by atoms with Crippen LogP contribution in [-0.4, -0.2) is 49.7 Å². The molecule has 0 bridgehead atoms. The SMILES string of the molecule is CC(=O)N1CCN(S(=O)(=O)c2cc(C)cc(N)c2)CC1. The maximum Gasteiger partial charge on any atom is 0.243 e. The van der Waals surface area contributed by atoms with E-state index in [2.05, 4.69) is 0 Å². The zero-order chi connectivity index (χ0) is 14.9. The predicted molar refractivity (Wildman–Crippen MR) is 76.6 cm³/mol. The zero-order valence-electron chi connectivity index (χ0n) is 11.7. The lowest BCUT2D eigenvalue weighted by atomic mass is 10.2. The van der Waals surface area contributed by atoms with Gasteiger partial charge in [0.15, 0.2) is 0 Å². The van der Waals surface area contributed by atoms with E-state index in [1.165, 1.54) is 17.3 Å². The summed E-state index contributed by atoms with van der Waals surface area (Å²) < 4.78 is 26.5. The topological polar surface area (TPSA) is 83.7 Å².